The fourth-order valence-electron chi connectivity index (χ4n) is 3.77. The number of carboxylic acid groups (broad SMARTS) is 1. The second-order valence-corrected chi connectivity index (χ2v) is 7.60. The first-order valence-electron chi connectivity index (χ1n) is 10.1. The Labute approximate surface area is 179 Å². The number of nitrogens with zero attached hydrogens (tertiary/aromatic N) is 3. The van der Waals surface area contributed by atoms with Crippen molar-refractivity contribution in [1.29, 1.82) is 0 Å². The molecule has 0 bridgehead atoms. The molecule has 0 unspecified atom stereocenters. The first-order chi connectivity index (χ1) is 14.9. The minimum atomic E-state index is -1.02. The maximum atomic E-state index is 13.1. The van der Waals surface area contributed by atoms with Crippen molar-refractivity contribution in [2.45, 2.75) is 32.5 Å². The van der Waals surface area contributed by atoms with Crippen LogP contribution in [0.5, 0.6) is 0 Å². The minimum absolute atomic E-state index is 0.105. The fraction of sp³-hybridized carbons (Fsp3) is 0.261. The number of amides is 2. The zero-order valence-corrected chi connectivity index (χ0v) is 17.2. The lowest BCUT2D eigenvalue weighted by Gasteiger charge is -2.27. The summed E-state index contributed by atoms with van der Waals surface area (Å²) >= 11 is 0. The normalized spacial score (nSPS) is 14.1. The van der Waals surface area contributed by atoms with E-state index in [1.165, 1.54) is 4.90 Å². The number of carbonyl (C=O) groups is 2. The Kier molecular flexibility index (Phi) is 5.73. The third-order valence-electron chi connectivity index (χ3n) is 5.40. The summed E-state index contributed by atoms with van der Waals surface area (Å²) in [6, 6.07) is 16.8. The Morgan fingerprint density at radius 2 is 1.90 bits per heavy atom. The SMILES string of the molecule is C[C@H](O)c1cccc(NC(=O)c2nc(Cc3ccccc3)n3c2CN(C(=O)O)CC3)c1. The molecule has 1 aliphatic rings. The molecule has 0 saturated heterocycles. The van der Waals surface area contributed by atoms with Crippen LogP contribution in [-0.2, 0) is 19.5 Å². The van der Waals surface area contributed by atoms with Gasteiger partial charge in [-0.1, -0.05) is 42.5 Å². The molecule has 4 rings (SSSR count). The van der Waals surface area contributed by atoms with Crippen molar-refractivity contribution in [1.82, 2.24) is 14.5 Å². The maximum absolute atomic E-state index is 13.1. The average Bonchev–Trinajstić information content (AvgIpc) is 3.12. The molecule has 31 heavy (non-hydrogen) atoms. The van der Waals surface area contributed by atoms with Gasteiger partial charge in [0.2, 0.25) is 0 Å². The van der Waals surface area contributed by atoms with Crippen LogP contribution in [0.3, 0.4) is 0 Å². The molecule has 1 aromatic heterocycles. The number of fused-ring (bicyclic) bond motifs is 1. The highest BCUT2D eigenvalue weighted by Crippen LogP contribution is 2.23. The molecular formula is C23H24N4O4. The number of anilines is 1. The summed E-state index contributed by atoms with van der Waals surface area (Å²) in [5, 5.41) is 22.1. The van der Waals surface area contributed by atoms with E-state index in [1.54, 1.807) is 31.2 Å². The van der Waals surface area contributed by atoms with E-state index in [1.807, 2.05) is 34.9 Å². The standard InChI is InChI=1S/C23H24N4O4/c1-15(28)17-8-5-9-18(13-17)24-22(29)21-19-14-26(23(30)31)10-11-27(19)20(25-21)12-16-6-3-2-4-7-16/h2-9,13,15,28H,10-12,14H2,1H3,(H,24,29)(H,30,31)/t15-/m0/s1. The molecule has 3 aromatic rings. The fourth-order valence-corrected chi connectivity index (χ4v) is 3.77. The van der Waals surface area contributed by atoms with Crippen LogP contribution < -0.4 is 5.32 Å². The van der Waals surface area contributed by atoms with Crippen molar-refractivity contribution < 1.29 is 19.8 Å². The Hall–Kier alpha value is -3.65. The molecule has 3 N–H and O–H groups in total. The lowest BCUT2D eigenvalue weighted by atomic mass is 10.1. The van der Waals surface area contributed by atoms with Gasteiger partial charge >= 0.3 is 6.09 Å². The topological polar surface area (TPSA) is 108 Å². The molecule has 0 fully saturated rings. The quantitative estimate of drug-likeness (QED) is 0.587. The van der Waals surface area contributed by atoms with Gasteiger partial charge in [-0.3, -0.25) is 4.79 Å². The van der Waals surface area contributed by atoms with Crippen molar-refractivity contribution in [2.75, 3.05) is 11.9 Å². The summed E-state index contributed by atoms with van der Waals surface area (Å²) in [6.45, 7) is 2.55. The summed E-state index contributed by atoms with van der Waals surface area (Å²) in [5.74, 6) is 0.326. The van der Waals surface area contributed by atoms with Crippen molar-refractivity contribution in [3.63, 3.8) is 0 Å². The number of hydrogen-bond donors (Lipinski definition) is 3. The zero-order chi connectivity index (χ0) is 22.0. The van der Waals surface area contributed by atoms with Crippen molar-refractivity contribution in [2.24, 2.45) is 0 Å². The van der Waals surface area contributed by atoms with Gasteiger partial charge in [-0.05, 0) is 30.2 Å². The highest BCUT2D eigenvalue weighted by molar-refractivity contribution is 6.04. The minimum Gasteiger partial charge on any atom is -0.465 e. The first-order valence-corrected chi connectivity index (χ1v) is 10.1. The van der Waals surface area contributed by atoms with Gasteiger partial charge in [-0.15, -0.1) is 0 Å². The molecule has 2 aromatic carbocycles. The molecule has 2 amide bonds. The van der Waals surface area contributed by atoms with Crippen LogP contribution in [0.25, 0.3) is 0 Å². The average molecular weight is 420 g/mol. The van der Waals surface area contributed by atoms with Gasteiger partial charge in [0, 0.05) is 25.2 Å². The van der Waals surface area contributed by atoms with Crippen LogP contribution in [0.15, 0.2) is 54.6 Å². The number of imidazole rings is 1. The molecule has 1 aliphatic heterocycles. The maximum Gasteiger partial charge on any atom is 0.407 e. The Morgan fingerprint density at radius 1 is 1.13 bits per heavy atom. The van der Waals surface area contributed by atoms with Gasteiger partial charge in [0.05, 0.1) is 18.3 Å². The Morgan fingerprint density at radius 3 is 2.61 bits per heavy atom. The van der Waals surface area contributed by atoms with E-state index in [4.69, 9.17) is 0 Å². The monoisotopic (exact) mass is 420 g/mol. The summed E-state index contributed by atoms with van der Waals surface area (Å²) in [4.78, 5) is 30.5. The highest BCUT2D eigenvalue weighted by atomic mass is 16.4. The number of aliphatic hydroxyl groups excluding tert-OH is 1. The van der Waals surface area contributed by atoms with Gasteiger partial charge in [0.1, 0.15) is 5.82 Å². The van der Waals surface area contributed by atoms with E-state index >= 15 is 0 Å². The summed E-state index contributed by atoms with van der Waals surface area (Å²) in [5.41, 5.74) is 3.10. The molecule has 0 aliphatic carbocycles. The lowest BCUT2D eigenvalue weighted by Crippen LogP contribution is -2.38. The first kappa shape index (κ1) is 20.6. The number of benzene rings is 2. The van der Waals surface area contributed by atoms with Crippen LogP contribution in [-0.4, -0.2) is 43.2 Å². The predicted molar refractivity (Wildman–Crippen MR) is 115 cm³/mol. The summed E-state index contributed by atoms with van der Waals surface area (Å²) in [7, 11) is 0. The number of nitrogens with one attached hydrogen (secondary N) is 1. The van der Waals surface area contributed by atoms with Crippen LogP contribution in [0.4, 0.5) is 10.5 Å². The van der Waals surface area contributed by atoms with Gasteiger partial charge in [-0.2, -0.15) is 0 Å². The molecule has 0 saturated carbocycles. The molecule has 0 spiro atoms. The van der Waals surface area contributed by atoms with Crippen LogP contribution in [0, 0.1) is 0 Å². The van der Waals surface area contributed by atoms with Gasteiger partial charge in [-0.25, -0.2) is 9.78 Å². The molecule has 8 nitrogen and oxygen atoms in total. The van der Waals surface area contributed by atoms with Crippen LogP contribution >= 0.6 is 0 Å². The Balaban J connectivity index is 1.66. The second-order valence-electron chi connectivity index (χ2n) is 7.60. The zero-order valence-electron chi connectivity index (χ0n) is 17.2. The van der Waals surface area contributed by atoms with Gasteiger partial charge in [0.25, 0.3) is 5.91 Å². The van der Waals surface area contributed by atoms with E-state index < -0.39 is 18.1 Å². The molecule has 0 radical (unpaired) electrons. The number of carbonyl (C=O) groups excluding carboxylic acids is 1. The lowest BCUT2D eigenvalue weighted by molar-refractivity contribution is 0.101. The van der Waals surface area contributed by atoms with E-state index in [2.05, 4.69) is 10.3 Å². The molecule has 160 valence electrons. The Bertz CT molecular complexity index is 1110. The van der Waals surface area contributed by atoms with E-state index in [9.17, 15) is 19.8 Å². The third kappa shape index (κ3) is 4.44. The molecule has 2 heterocycles. The van der Waals surface area contributed by atoms with Gasteiger partial charge < -0.3 is 25.0 Å². The van der Waals surface area contributed by atoms with E-state index in [-0.39, 0.29) is 12.2 Å². The highest BCUT2D eigenvalue weighted by Gasteiger charge is 2.29. The van der Waals surface area contributed by atoms with Crippen LogP contribution in [0.1, 0.15) is 46.2 Å². The number of rotatable bonds is 5. The molecular weight excluding hydrogens is 396 g/mol. The predicted octanol–water partition coefficient (Wildman–Crippen LogP) is 3.27. The molecule has 1 atom stereocenters. The summed E-state index contributed by atoms with van der Waals surface area (Å²) < 4.78 is 1.95. The van der Waals surface area contributed by atoms with Crippen molar-refractivity contribution in [3.8, 4) is 0 Å². The number of aromatic nitrogens is 2. The van der Waals surface area contributed by atoms with E-state index in [0.717, 1.165) is 11.4 Å². The van der Waals surface area contributed by atoms with Crippen LogP contribution in [0.2, 0.25) is 0 Å². The molecule has 8 heteroatoms. The van der Waals surface area contributed by atoms with Gasteiger partial charge in [0.15, 0.2) is 5.69 Å². The van der Waals surface area contributed by atoms with Crippen molar-refractivity contribution in [3.05, 3.63) is 82.9 Å². The number of hydrogen-bond acceptors (Lipinski definition) is 4. The largest absolute Gasteiger partial charge is 0.465 e. The second kappa shape index (κ2) is 8.61. The van der Waals surface area contributed by atoms with E-state index in [0.29, 0.717) is 36.5 Å². The summed E-state index contributed by atoms with van der Waals surface area (Å²) in [6.07, 6.45) is -1.13. The van der Waals surface area contributed by atoms with Crippen molar-refractivity contribution >= 4 is 17.7 Å². The number of aliphatic hydroxyl groups is 1. The smallest absolute Gasteiger partial charge is 0.407 e. The third-order valence-corrected chi connectivity index (χ3v) is 5.40.